The van der Waals surface area contributed by atoms with Crippen molar-refractivity contribution in [2.75, 3.05) is 0 Å². The van der Waals surface area contributed by atoms with Gasteiger partial charge in [-0.25, -0.2) is 0 Å². The van der Waals surface area contributed by atoms with Crippen molar-refractivity contribution < 1.29 is 0 Å². The highest BCUT2D eigenvalue weighted by Gasteiger charge is 2.05. The smallest absolute Gasteiger partial charge is 0.0155 e. The molecule has 1 aromatic rings. The lowest BCUT2D eigenvalue weighted by atomic mass is 9.94. The zero-order valence-electron chi connectivity index (χ0n) is 9.84. The molecule has 0 radical (unpaired) electrons. The minimum atomic E-state index is 0. The summed E-state index contributed by atoms with van der Waals surface area (Å²) in [7, 11) is 0. The van der Waals surface area contributed by atoms with Crippen LogP contribution in [0.15, 0.2) is 25.3 Å². The molecular formula is C16H24. The largest absolute Gasteiger partial charge is 0.0984 e. The van der Waals surface area contributed by atoms with Crippen molar-refractivity contribution in [1.82, 2.24) is 0 Å². The fourth-order valence-electron chi connectivity index (χ4n) is 1.89. The molecule has 0 bridgehead atoms. The first-order valence-electron chi connectivity index (χ1n) is 5.62. The molecule has 0 saturated carbocycles. The van der Waals surface area contributed by atoms with Crippen LogP contribution in [0, 0.1) is 6.92 Å². The molecule has 0 nitrogen and oxygen atoms in total. The van der Waals surface area contributed by atoms with E-state index < -0.39 is 0 Å². The summed E-state index contributed by atoms with van der Waals surface area (Å²) < 4.78 is 0. The molecule has 0 atom stereocenters. The van der Waals surface area contributed by atoms with Crippen LogP contribution >= 0.6 is 0 Å². The van der Waals surface area contributed by atoms with Gasteiger partial charge in [-0.15, -0.1) is 0 Å². The van der Waals surface area contributed by atoms with E-state index in [9.17, 15) is 0 Å². The molecule has 16 heavy (non-hydrogen) atoms. The van der Waals surface area contributed by atoms with Gasteiger partial charge in [-0.05, 0) is 42.0 Å². The lowest BCUT2D eigenvalue weighted by Crippen LogP contribution is -1.95. The van der Waals surface area contributed by atoms with E-state index >= 15 is 0 Å². The zero-order valence-corrected chi connectivity index (χ0v) is 9.84. The third-order valence-corrected chi connectivity index (χ3v) is 2.80. The first kappa shape index (κ1) is 14.7. The Kier molecular flexibility index (Phi) is 6.48. The average Bonchev–Trinajstić information content (AvgIpc) is 2.26. The van der Waals surface area contributed by atoms with Crippen molar-refractivity contribution in [3.63, 3.8) is 0 Å². The fraction of sp³-hybridized carbons (Fsp3) is 0.375. The summed E-state index contributed by atoms with van der Waals surface area (Å²) in [4.78, 5) is 0. The molecule has 0 aliphatic rings. The van der Waals surface area contributed by atoms with Crippen LogP contribution in [-0.4, -0.2) is 0 Å². The van der Waals surface area contributed by atoms with Crippen LogP contribution < -0.4 is 0 Å². The van der Waals surface area contributed by atoms with E-state index in [1.807, 2.05) is 12.2 Å². The maximum atomic E-state index is 3.90. The SMILES string of the molecule is C.C=Cc1c(C)ccc(CCCC)c1C=C. The maximum absolute atomic E-state index is 3.90. The minimum Gasteiger partial charge on any atom is -0.0984 e. The second kappa shape index (κ2) is 7.05. The van der Waals surface area contributed by atoms with Crippen LogP contribution in [-0.2, 0) is 6.42 Å². The van der Waals surface area contributed by atoms with Gasteiger partial charge in [0, 0.05) is 0 Å². The van der Waals surface area contributed by atoms with Gasteiger partial charge < -0.3 is 0 Å². The van der Waals surface area contributed by atoms with Crippen molar-refractivity contribution in [2.45, 2.75) is 40.5 Å². The van der Waals surface area contributed by atoms with Crippen LogP contribution in [0.3, 0.4) is 0 Å². The fourth-order valence-corrected chi connectivity index (χ4v) is 1.89. The Morgan fingerprint density at radius 3 is 2.25 bits per heavy atom. The first-order chi connectivity index (χ1) is 7.24. The Labute approximate surface area is 101 Å². The standard InChI is InChI=1S/C15H20.CH4/c1-5-8-9-13-11-10-12(4)14(6-2)15(13)7-3;/h6-7,10-11H,2-3,5,8-9H2,1,4H3;1H4. The Balaban J connectivity index is 0.00000225. The molecule has 0 fully saturated rings. The van der Waals surface area contributed by atoms with Gasteiger partial charge >= 0.3 is 0 Å². The minimum absolute atomic E-state index is 0. The summed E-state index contributed by atoms with van der Waals surface area (Å²) in [5, 5.41) is 0. The molecule has 0 unspecified atom stereocenters. The molecule has 0 spiro atoms. The quantitative estimate of drug-likeness (QED) is 0.630. The highest BCUT2D eigenvalue weighted by Crippen LogP contribution is 2.22. The van der Waals surface area contributed by atoms with Crippen LogP contribution in [0.2, 0.25) is 0 Å². The van der Waals surface area contributed by atoms with E-state index in [4.69, 9.17) is 0 Å². The molecule has 88 valence electrons. The monoisotopic (exact) mass is 216 g/mol. The van der Waals surface area contributed by atoms with Gasteiger partial charge in [0.25, 0.3) is 0 Å². The summed E-state index contributed by atoms with van der Waals surface area (Å²) in [6, 6.07) is 4.39. The number of aryl methyl sites for hydroxylation is 2. The number of rotatable bonds is 5. The van der Waals surface area contributed by atoms with Crippen molar-refractivity contribution in [2.24, 2.45) is 0 Å². The normalized spacial score (nSPS) is 9.38. The highest BCUT2D eigenvalue weighted by molar-refractivity contribution is 5.68. The number of unbranched alkanes of at least 4 members (excludes halogenated alkanes) is 1. The van der Waals surface area contributed by atoms with E-state index in [0.29, 0.717) is 0 Å². The van der Waals surface area contributed by atoms with Crippen LogP contribution in [0.25, 0.3) is 12.2 Å². The summed E-state index contributed by atoms with van der Waals surface area (Å²) >= 11 is 0. The van der Waals surface area contributed by atoms with E-state index in [1.54, 1.807) is 0 Å². The first-order valence-corrected chi connectivity index (χ1v) is 5.62. The molecule has 0 saturated heterocycles. The molecule has 0 heteroatoms. The molecule has 1 rings (SSSR count). The van der Waals surface area contributed by atoms with Gasteiger partial charge in [-0.1, -0.05) is 58.2 Å². The van der Waals surface area contributed by atoms with Gasteiger partial charge in [0.2, 0.25) is 0 Å². The summed E-state index contributed by atoms with van der Waals surface area (Å²) in [6.45, 7) is 12.1. The van der Waals surface area contributed by atoms with Gasteiger partial charge in [0.05, 0.1) is 0 Å². The van der Waals surface area contributed by atoms with E-state index in [1.165, 1.54) is 35.1 Å². The van der Waals surface area contributed by atoms with E-state index in [-0.39, 0.29) is 7.43 Å². The highest BCUT2D eigenvalue weighted by atomic mass is 14.1. The summed E-state index contributed by atoms with van der Waals surface area (Å²) in [5.74, 6) is 0. The third kappa shape index (κ3) is 3.10. The molecule has 0 aromatic heterocycles. The number of benzene rings is 1. The molecular weight excluding hydrogens is 192 g/mol. The van der Waals surface area contributed by atoms with Crippen molar-refractivity contribution in [1.29, 1.82) is 0 Å². The third-order valence-electron chi connectivity index (χ3n) is 2.80. The second-order valence-electron chi connectivity index (χ2n) is 3.88. The van der Waals surface area contributed by atoms with E-state index in [0.717, 1.165) is 6.42 Å². The predicted octanol–water partition coefficient (Wildman–Crippen LogP) is 5.26. The zero-order chi connectivity index (χ0) is 11.3. The topological polar surface area (TPSA) is 0 Å². The van der Waals surface area contributed by atoms with Gasteiger partial charge in [-0.3, -0.25) is 0 Å². The second-order valence-corrected chi connectivity index (χ2v) is 3.88. The van der Waals surface area contributed by atoms with Crippen LogP contribution in [0.4, 0.5) is 0 Å². The summed E-state index contributed by atoms with van der Waals surface area (Å²) in [6.07, 6.45) is 7.49. The number of hydrogen-bond donors (Lipinski definition) is 0. The predicted molar refractivity (Wildman–Crippen MR) is 76.7 cm³/mol. The Morgan fingerprint density at radius 1 is 1.12 bits per heavy atom. The molecule has 0 heterocycles. The van der Waals surface area contributed by atoms with Gasteiger partial charge in [-0.2, -0.15) is 0 Å². The van der Waals surface area contributed by atoms with Crippen molar-refractivity contribution in [3.05, 3.63) is 47.5 Å². The maximum Gasteiger partial charge on any atom is -0.0155 e. The molecule has 1 aromatic carbocycles. The van der Waals surface area contributed by atoms with Crippen molar-refractivity contribution in [3.8, 4) is 0 Å². The van der Waals surface area contributed by atoms with Crippen LogP contribution in [0.5, 0.6) is 0 Å². The Bertz CT molecular complexity index is 359. The lowest BCUT2D eigenvalue weighted by Gasteiger charge is -2.11. The molecule has 0 amide bonds. The molecule has 0 N–H and O–H groups in total. The van der Waals surface area contributed by atoms with Gasteiger partial charge in [0.1, 0.15) is 0 Å². The van der Waals surface area contributed by atoms with E-state index in [2.05, 4.69) is 39.1 Å². The van der Waals surface area contributed by atoms with Crippen molar-refractivity contribution >= 4 is 12.2 Å². The van der Waals surface area contributed by atoms with Gasteiger partial charge in [0.15, 0.2) is 0 Å². The number of hydrogen-bond acceptors (Lipinski definition) is 0. The Hall–Kier alpha value is -1.30. The lowest BCUT2D eigenvalue weighted by molar-refractivity contribution is 0.793. The average molecular weight is 216 g/mol. The Morgan fingerprint density at radius 2 is 1.75 bits per heavy atom. The summed E-state index contributed by atoms with van der Waals surface area (Å²) in [5.41, 5.74) is 5.17. The molecule has 0 aliphatic carbocycles. The molecule has 0 aliphatic heterocycles. The van der Waals surface area contributed by atoms with Crippen LogP contribution in [0.1, 0.15) is 49.4 Å².